The third-order valence-electron chi connectivity index (χ3n) is 4.93. The van der Waals surface area contributed by atoms with Crippen molar-refractivity contribution >= 4 is 41.4 Å². The number of rotatable bonds is 9. The number of anilines is 1. The van der Waals surface area contributed by atoms with Gasteiger partial charge in [0, 0.05) is 7.05 Å². The third-order valence-corrected chi connectivity index (χ3v) is 5.76. The zero-order chi connectivity index (χ0) is 23.8. The predicted molar refractivity (Wildman–Crippen MR) is 132 cm³/mol. The van der Waals surface area contributed by atoms with E-state index < -0.39 is 0 Å². The van der Waals surface area contributed by atoms with E-state index in [0.29, 0.717) is 28.0 Å². The summed E-state index contributed by atoms with van der Waals surface area (Å²) in [5.74, 6) is 0.908. The molecule has 0 aliphatic carbocycles. The minimum Gasteiger partial charge on any atom is -0.467 e. The molecular formula is C25H23N5O3S. The Hall–Kier alpha value is -4.11. The molecule has 0 saturated carbocycles. The highest BCUT2D eigenvalue weighted by molar-refractivity contribution is 7.99. The third kappa shape index (κ3) is 6.02. The van der Waals surface area contributed by atoms with Gasteiger partial charge < -0.3 is 14.6 Å². The van der Waals surface area contributed by atoms with Crippen LogP contribution in [0.4, 0.5) is 5.69 Å². The lowest BCUT2D eigenvalue weighted by molar-refractivity contribution is -0.115. The highest BCUT2D eigenvalue weighted by Gasteiger charge is 2.19. The lowest BCUT2D eigenvalue weighted by Gasteiger charge is -2.20. The van der Waals surface area contributed by atoms with Crippen molar-refractivity contribution < 1.29 is 14.0 Å². The van der Waals surface area contributed by atoms with Crippen molar-refractivity contribution in [2.24, 2.45) is 0 Å². The van der Waals surface area contributed by atoms with Crippen molar-refractivity contribution in [2.45, 2.75) is 11.7 Å². The summed E-state index contributed by atoms with van der Waals surface area (Å²) >= 11 is 1.23. The molecule has 4 aromatic rings. The molecule has 4 rings (SSSR count). The predicted octanol–water partition coefficient (Wildman–Crippen LogP) is 4.25. The summed E-state index contributed by atoms with van der Waals surface area (Å²) in [6, 6.07) is 20.4. The second kappa shape index (κ2) is 11.2. The molecular weight excluding hydrogens is 450 g/mol. The SMILES string of the molecule is CN(C(=O)CSc1n[nH]c(/C=C/c2ccccc2)n1)c1ccccc1C(=O)NCc1ccco1. The number of benzene rings is 2. The zero-order valence-electron chi connectivity index (χ0n) is 18.5. The van der Waals surface area contributed by atoms with Crippen molar-refractivity contribution in [1.82, 2.24) is 20.5 Å². The summed E-state index contributed by atoms with van der Waals surface area (Å²) in [5.41, 5.74) is 1.98. The summed E-state index contributed by atoms with van der Waals surface area (Å²) in [6.07, 6.45) is 5.32. The fraction of sp³-hybridized carbons (Fsp3) is 0.120. The molecule has 0 unspecified atom stereocenters. The number of hydrogen-bond acceptors (Lipinski definition) is 6. The van der Waals surface area contributed by atoms with Gasteiger partial charge in [0.1, 0.15) is 11.6 Å². The Morgan fingerprint density at radius 3 is 2.65 bits per heavy atom. The maximum absolute atomic E-state index is 12.8. The molecule has 0 spiro atoms. The number of amides is 2. The quantitative estimate of drug-likeness (QED) is 0.352. The van der Waals surface area contributed by atoms with Crippen LogP contribution in [0, 0.1) is 0 Å². The van der Waals surface area contributed by atoms with Crippen LogP contribution in [-0.2, 0) is 11.3 Å². The molecule has 2 N–H and O–H groups in total. The van der Waals surface area contributed by atoms with Gasteiger partial charge in [-0.3, -0.25) is 14.7 Å². The van der Waals surface area contributed by atoms with E-state index in [1.54, 1.807) is 49.7 Å². The monoisotopic (exact) mass is 473 g/mol. The number of aromatic amines is 1. The summed E-state index contributed by atoms with van der Waals surface area (Å²) in [7, 11) is 1.65. The first-order valence-corrected chi connectivity index (χ1v) is 11.5. The molecule has 2 aromatic heterocycles. The van der Waals surface area contributed by atoms with Gasteiger partial charge in [-0.1, -0.05) is 60.3 Å². The molecule has 0 aliphatic heterocycles. The summed E-state index contributed by atoms with van der Waals surface area (Å²) in [6.45, 7) is 0.263. The van der Waals surface area contributed by atoms with Crippen LogP contribution in [0.5, 0.6) is 0 Å². The summed E-state index contributed by atoms with van der Waals surface area (Å²) in [5, 5.41) is 10.3. The normalized spacial score (nSPS) is 11.0. The van der Waals surface area contributed by atoms with Gasteiger partial charge in [-0.25, -0.2) is 4.98 Å². The molecule has 0 saturated heterocycles. The Morgan fingerprint density at radius 2 is 1.85 bits per heavy atom. The first kappa shape index (κ1) is 23.1. The number of nitrogens with one attached hydrogen (secondary N) is 2. The Bertz CT molecular complexity index is 1270. The fourth-order valence-electron chi connectivity index (χ4n) is 3.13. The van der Waals surface area contributed by atoms with E-state index in [-0.39, 0.29) is 24.1 Å². The lowest BCUT2D eigenvalue weighted by atomic mass is 10.1. The lowest BCUT2D eigenvalue weighted by Crippen LogP contribution is -2.31. The topological polar surface area (TPSA) is 104 Å². The van der Waals surface area contributed by atoms with Gasteiger partial charge in [0.05, 0.1) is 29.8 Å². The molecule has 0 atom stereocenters. The number of carbonyl (C=O) groups is 2. The van der Waals surface area contributed by atoms with E-state index >= 15 is 0 Å². The second-order valence-electron chi connectivity index (χ2n) is 7.27. The van der Waals surface area contributed by atoms with Crippen molar-refractivity contribution in [2.75, 3.05) is 17.7 Å². The van der Waals surface area contributed by atoms with Gasteiger partial charge in [0.25, 0.3) is 5.91 Å². The van der Waals surface area contributed by atoms with Gasteiger partial charge in [-0.15, -0.1) is 5.10 Å². The molecule has 172 valence electrons. The summed E-state index contributed by atoms with van der Waals surface area (Å²) < 4.78 is 5.25. The van der Waals surface area contributed by atoms with Crippen LogP contribution >= 0.6 is 11.8 Å². The molecule has 0 fully saturated rings. The minimum atomic E-state index is -0.289. The number of thioether (sulfide) groups is 1. The second-order valence-corrected chi connectivity index (χ2v) is 8.21. The van der Waals surface area contributed by atoms with Crippen molar-refractivity contribution in [3.05, 3.63) is 95.7 Å². The zero-order valence-corrected chi connectivity index (χ0v) is 19.3. The molecule has 0 aliphatic rings. The van der Waals surface area contributed by atoms with Crippen molar-refractivity contribution in [3.8, 4) is 0 Å². The van der Waals surface area contributed by atoms with E-state index in [1.165, 1.54) is 16.7 Å². The van der Waals surface area contributed by atoms with Crippen LogP contribution in [0.1, 0.15) is 27.5 Å². The van der Waals surface area contributed by atoms with Gasteiger partial charge >= 0.3 is 0 Å². The fourth-order valence-corrected chi connectivity index (χ4v) is 3.85. The van der Waals surface area contributed by atoms with Crippen LogP contribution in [-0.4, -0.2) is 39.8 Å². The van der Waals surface area contributed by atoms with Gasteiger partial charge in [-0.2, -0.15) is 0 Å². The number of aromatic nitrogens is 3. The number of furan rings is 1. The van der Waals surface area contributed by atoms with Gasteiger partial charge in [-0.05, 0) is 35.9 Å². The molecule has 0 bridgehead atoms. The minimum absolute atomic E-state index is 0.124. The number of carbonyl (C=O) groups excluding carboxylic acids is 2. The number of nitrogens with zero attached hydrogens (tertiary/aromatic N) is 3. The van der Waals surface area contributed by atoms with E-state index in [1.807, 2.05) is 42.5 Å². The first-order valence-electron chi connectivity index (χ1n) is 10.5. The highest BCUT2D eigenvalue weighted by Crippen LogP contribution is 2.22. The molecule has 0 radical (unpaired) electrons. The smallest absolute Gasteiger partial charge is 0.253 e. The van der Waals surface area contributed by atoms with Crippen molar-refractivity contribution in [1.29, 1.82) is 0 Å². The highest BCUT2D eigenvalue weighted by atomic mass is 32.2. The molecule has 2 heterocycles. The molecule has 34 heavy (non-hydrogen) atoms. The first-order chi connectivity index (χ1) is 16.6. The largest absolute Gasteiger partial charge is 0.467 e. The average molecular weight is 474 g/mol. The number of H-pyrrole nitrogens is 1. The number of hydrogen-bond donors (Lipinski definition) is 2. The van der Waals surface area contributed by atoms with E-state index in [2.05, 4.69) is 20.5 Å². The average Bonchev–Trinajstić information content (AvgIpc) is 3.57. The van der Waals surface area contributed by atoms with Crippen LogP contribution in [0.15, 0.2) is 82.6 Å². The van der Waals surface area contributed by atoms with E-state index in [4.69, 9.17) is 4.42 Å². The molecule has 8 nitrogen and oxygen atoms in total. The Morgan fingerprint density at radius 1 is 1.06 bits per heavy atom. The Labute approximate surface area is 201 Å². The molecule has 2 amide bonds. The van der Waals surface area contributed by atoms with Crippen LogP contribution in [0.2, 0.25) is 0 Å². The maximum Gasteiger partial charge on any atom is 0.253 e. The van der Waals surface area contributed by atoms with Gasteiger partial charge in [0.2, 0.25) is 11.1 Å². The van der Waals surface area contributed by atoms with Crippen LogP contribution < -0.4 is 10.2 Å². The van der Waals surface area contributed by atoms with E-state index in [9.17, 15) is 9.59 Å². The van der Waals surface area contributed by atoms with Crippen LogP contribution in [0.3, 0.4) is 0 Å². The Balaban J connectivity index is 1.35. The Kier molecular flexibility index (Phi) is 7.56. The van der Waals surface area contributed by atoms with Crippen molar-refractivity contribution in [3.63, 3.8) is 0 Å². The maximum atomic E-state index is 12.8. The van der Waals surface area contributed by atoms with Gasteiger partial charge in [0.15, 0.2) is 0 Å². The number of para-hydroxylation sites is 1. The standard InChI is InChI=1S/C25H23N5O3S/c1-30(21-12-6-5-11-20(21)24(32)26-16-19-10-7-15-33-19)23(31)17-34-25-27-22(28-29-25)14-13-18-8-3-2-4-9-18/h2-15H,16-17H2,1H3,(H,26,32)(H,27,28,29)/b14-13+. The van der Waals surface area contributed by atoms with E-state index in [0.717, 1.165) is 5.56 Å². The molecule has 2 aromatic carbocycles. The molecule has 9 heteroatoms. The van der Waals surface area contributed by atoms with Crippen LogP contribution in [0.25, 0.3) is 12.2 Å². The summed E-state index contributed by atoms with van der Waals surface area (Å²) in [4.78, 5) is 31.4.